The Labute approximate surface area is 193 Å². The molecule has 9 heteroatoms. The zero-order valence-corrected chi connectivity index (χ0v) is 18.8. The minimum Gasteiger partial charge on any atom is -0.397 e. The van der Waals surface area contributed by atoms with Gasteiger partial charge in [-0.25, -0.2) is 15.0 Å². The number of nitrogens with two attached hydrogens (primary N) is 1. The highest BCUT2D eigenvalue weighted by Crippen LogP contribution is 2.32. The van der Waals surface area contributed by atoms with Crippen LogP contribution >= 0.6 is 15.9 Å². The van der Waals surface area contributed by atoms with Crippen LogP contribution in [0.25, 0.3) is 22.2 Å². The molecular weight excluding hydrogens is 470 g/mol. The van der Waals surface area contributed by atoms with E-state index in [1.165, 1.54) is 6.20 Å². The molecule has 0 aliphatic carbocycles. The third-order valence-corrected chi connectivity index (χ3v) is 6.22. The van der Waals surface area contributed by atoms with Crippen molar-refractivity contribution in [1.29, 1.82) is 0 Å². The molecule has 1 saturated heterocycles. The second kappa shape index (κ2) is 8.58. The monoisotopic (exact) mass is 491 g/mol. The van der Waals surface area contributed by atoms with Gasteiger partial charge in [-0.1, -0.05) is 18.2 Å². The van der Waals surface area contributed by atoms with Gasteiger partial charge in [-0.3, -0.25) is 4.79 Å². The number of hydrogen-bond acceptors (Lipinski definition) is 6. The van der Waals surface area contributed by atoms with E-state index in [0.29, 0.717) is 30.4 Å². The zero-order valence-electron chi connectivity index (χ0n) is 17.3. The molecule has 4 aromatic rings. The van der Waals surface area contributed by atoms with Crippen molar-refractivity contribution in [3.8, 4) is 11.3 Å². The van der Waals surface area contributed by atoms with E-state index < -0.39 is 0 Å². The lowest BCUT2D eigenvalue weighted by molar-refractivity contribution is 0.0708. The summed E-state index contributed by atoms with van der Waals surface area (Å²) in [5.41, 5.74) is 9.51. The molecule has 4 heterocycles. The number of halogens is 1. The van der Waals surface area contributed by atoms with Gasteiger partial charge in [0.05, 0.1) is 22.1 Å². The summed E-state index contributed by atoms with van der Waals surface area (Å²) in [6.07, 6.45) is 7.05. The number of nitrogens with zero attached hydrogens (tertiary/aromatic N) is 4. The van der Waals surface area contributed by atoms with E-state index in [9.17, 15) is 4.79 Å². The van der Waals surface area contributed by atoms with Crippen LogP contribution < -0.4 is 11.1 Å². The van der Waals surface area contributed by atoms with Crippen LogP contribution in [0.5, 0.6) is 0 Å². The Morgan fingerprint density at radius 1 is 1.19 bits per heavy atom. The molecule has 1 amide bonds. The summed E-state index contributed by atoms with van der Waals surface area (Å²) >= 11 is 3.59. The van der Waals surface area contributed by atoms with Crippen LogP contribution in [0.4, 0.5) is 11.6 Å². The lowest BCUT2D eigenvalue weighted by atomic mass is 10.1. The van der Waals surface area contributed by atoms with Crippen molar-refractivity contribution in [3.05, 3.63) is 65.2 Å². The predicted molar refractivity (Wildman–Crippen MR) is 128 cm³/mol. The van der Waals surface area contributed by atoms with E-state index in [0.717, 1.165) is 39.5 Å². The van der Waals surface area contributed by atoms with E-state index in [4.69, 9.17) is 10.7 Å². The van der Waals surface area contributed by atoms with E-state index in [1.807, 2.05) is 29.3 Å². The number of benzene rings is 1. The summed E-state index contributed by atoms with van der Waals surface area (Å²) in [4.78, 5) is 31.3. The molecule has 0 bridgehead atoms. The summed E-state index contributed by atoms with van der Waals surface area (Å²) in [6.45, 7) is 1.26. The number of piperidine rings is 1. The Bertz CT molecular complexity index is 1270. The van der Waals surface area contributed by atoms with E-state index in [1.54, 1.807) is 18.3 Å². The number of H-pyrrole nitrogens is 1. The van der Waals surface area contributed by atoms with Crippen LogP contribution in [0.1, 0.15) is 23.3 Å². The Balaban J connectivity index is 1.34. The highest BCUT2D eigenvalue weighted by Gasteiger charge is 2.26. The van der Waals surface area contributed by atoms with Gasteiger partial charge in [-0.05, 0) is 47.0 Å². The molecule has 32 heavy (non-hydrogen) atoms. The highest BCUT2D eigenvalue weighted by molar-refractivity contribution is 9.10. The Kier molecular flexibility index (Phi) is 5.48. The Morgan fingerprint density at radius 3 is 2.91 bits per heavy atom. The number of carbonyl (C=O) groups excluding carboxylic acids is 1. The first-order valence-corrected chi connectivity index (χ1v) is 11.2. The number of fused-ring (bicyclic) bond motifs is 1. The highest BCUT2D eigenvalue weighted by atomic mass is 79.9. The molecule has 1 unspecified atom stereocenters. The molecule has 1 aliphatic rings. The maximum absolute atomic E-state index is 12.8. The summed E-state index contributed by atoms with van der Waals surface area (Å²) in [6, 6.07) is 11.5. The summed E-state index contributed by atoms with van der Waals surface area (Å²) in [7, 11) is 0. The lowest BCUT2D eigenvalue weighted by Crippen LogP contribution is -2.45. The smallest absolute Gasteiger partial charge is 0.272 e. The normalized spacial score (nSPS) is 16.3. The SMILES string of the molecule is Nc1ccc(C(=O)N2CCCC(Nc3ncc(Br)c(-c4c[nH]c5ccccc45)n3)C2)nc1. The molecule has 1 fully saturated rings. The molecule has 1 aromatic carbocycles. The van der Waals surface area contributed by atoms with Crippen LogP contribution in [0, 0.1) is 0 Å². The molecule has 162 valence electrons. The summed E-state index contributed by atoms with van der Waals surface area (Å²) in [5.74, 6) is 0.450. The zero-order chi connectivity index (χ0) is 22.1. The van der Waals surface area contributed by atoms with Gasteiger partial charge >= 0.3 is 0 Å². The first-order chi connectivity index (χ1) is 15.6. The molecule has 4 N–H and O–H groups in total. The number of aromatic nitrogens is 4. The fourth-order valence-corrected chi connectivity index (χ4v) is 4.45. The maximum Gasteiger partial charge on any atom is 0.272 e. The predicted octanol–water partition coefficient (Wildman–Crippen LogP) is 4.08. The molecule has 1 aliphatic heterocycles. The number of hydrogen-bond donors (Lipinski definition) is 3. The van der Waals surface area contributed by atoms with Crippen LogP contribution in [0.3, 0.4) is 0 Å². The molecule has 1 atom stereocenters. The van der Waals surface area contributed by atoms with Crippen molar-refractivity contribution in [2.45, 2.75) is 18.9 Å². The van der Waals surface area contributed by atoms with Gasteiger partial charge in [0.1, 0.15) is 5.69 Å². The van der Waals surface area contributed by atoms with Crippen LogP contribution in [0.15, 0.2) is 59.5 Å². The second-order valence-electron chi connectivity index (χ2n) is 7.85. The topological polar surface area (TPSA) is 113 Å². The van der Waals surface area contributed by atoms with Gasteiger partial charge in [-0.2, -0.15) is 0 Å². The first kappa shape index (κ1) is 20.4. The van der Waals surface area contributed by atoms with Crippen LogP contribution in [-0.2, 0) is 0 Å². The number of rotatable bonds is 4. The van der Waals surface area contributed by atoms with Crippen LogP contribution in [-0.4, -0.2) is 49.9 Å². The van der Waals surface area contributed by atoms with Crippen molar-refractivity contribution >= 4 is 44.4 Å². The largest absolute Gasteiger partial charge is 0.397 e. The fourth-order valence-electron chi connectivity index (χ4n) is 4.05. The molecule has 0 saturated carbocycles. The minimum absolute atomic E-state index is 0.0541. The van der Waals surface area contributed by atoms with Gasteiger partial charge < -0.3 is 20.9 Å². The van der Waals surface area contributed by atoms with Crippen molar-refractivity contribution in [1.82, 2.24) is 24.8 Å². The van der Waals surface area contributed by atoms with E-state index in [-0.39, 0.29) is 11.9 Å². The van der Waals surface area contributed by atoms with Gasteiger partial charge in [0.2, 0.25) is 5.95 Å². The first-order valence-electron chi connectivity index (χ1n) is 10.4. The Morgan fingerprint density at radius 2 is 2.06 bits per heavy atom. The van der Waals surface area contributed by atoms with Crippen molar-refractivity contribution in [2.24, 2.45) is 0 Å². The van der Waals surface area contributed by atoms with Crippen molar-refractivity contribution in [3.63, 3.8) is 0 Å². The number of anilines is 2. The van der Waals surface area contributed by atoms with Gasteiger partial charge in [0, 0.05) is 48.0 Å². The minimum atomic E-state index is -0.0901. The van der Waals surface area contributed by atoms with E-state index in [2.05, 4.69) is 42.3 Å². The number of carbonyl (C=O) groups is 1. The number of nitrogen functional groups attached to an aromatic ring is 1. The van der Waals surface area contributed by atoms with Gasteiger partial charge in [0.15, 0.2) is 0 Å². The van der Waals surface area contributed by atoms with Crippen LogP contribution in [0.2, 0.25) is 0 Å². The summed E-state index contributed by atoms with van der Waals surface area (Å²) in [5, 5.41) is 4.52. The average molecular weight is 492 g/mol. The molecule has 8 nitrogen and oxygen atoms in total. The quantitative estimate of drug-likeness (QED) is 0.396. The number of nitrogens with one attached hydrogen (secondary N) is 2. The van der Waals surface area contributed by atoms with Crippen molar-refractivity contribution < 1.29 is 4.79 Å². The number of amides is 1. The molecule has 0 radical (unpaired) electrons. The number of aromatic amines is 1. The Hall–Kier alpha value is -3.46. The molecular formula is C23H22BrN7O. The molecule has 3 aromatic heterocycles. The van der Waals surface area contributed by atoms with Gasteiger partial charge in [-0.15, -0.1) is 0 Å². The molecule has 5 rings (SSSR count). The van der Waals surface area contributed by atoms with Gasteiger partial charge in [0.25, 0.3) is 5.91 Å². The third-order valence-electron chi connectivity index (χ3n) is 5.64. The number of pyridine rings is 1. The maximum atomic E-state index is 12.8. The second-order valence-corrected chi connectivity index (χ2v) is 8.70. The fraction of sp³-hybridized carbons (Fsp3) is 0.217. The summed E-state index contributed by atoms with van der Waals surface area (Å²) < 4.78 is 0.822. The average Bonchev–Trinajstić information content (AvgIpc) is 3.25. The number of likely N-dealkylation sites (tertiary alicyclic amines) is 1. The standard InChI is InChI=1S/C23H22BrN7O/c24-18-12-28-23(30-21(18)17-11-27-19-6-2-1-5-16(17)19)29-15-4-3-9-31(13-15)22(32)20-8-7-14(25)10-26-20/h1-2,5-8,10-12,15,27H,3-4,9,13,25H2,(H,28,29,30). The number of para-hydroxylation sites is 1. The van der Waals surface area contributed by atoms with Crippen molar-refractivity contribution in [2.75, 3.05) is 24.1 Å². The lowest BCUT2D eigenvalue weighted by Gasteiger charge is -2.33. The van der Waals surface area contributed by atoms with E-state index >= 15 is 0 Å². The third kappa shape index (κ3) is 4.03. The molecule has 0 spiro atoms.